The van der Waals surface area contributed by atoms with Crippen LogP contribution in [0, 0.1) is 0 Å². The van der Waals surface area contributed by atoms with Gasteiger partial charge in [-0.25, -0.2) is 0 Å². The Kier molecular flexibility index (Phi) is 4.45. The maximum atomic E-state index is 6.12. The highest BCUT2D eigenvalue weighted by molar-refractivity contribution is 4.99. The molecule has 1 aliphatic heterocycles. The summed E-state index contributed by atoms with van der Waals surface area (Å²) in [5.41, 5.74) is 6.33. The SMILES string of the molecule is CCCC1CC(CN)(N(C)C2CCC2)CCO1. The topological polar surface area (TPSA) is 38.5 Å². The van der Waals surface area contributed by atoms with Crippen molar-refractivity contribution in [2.75, 3.05) is 20.2 Å². The molecule has 0 bridgehead atoms. The zero-order valence-electron chi connectivity index (χ0n) is 11.5. The molecule has 2 N–H and O–H groups in total. The van der Waals surface area contributed by atoms with Gasteiger partial charge in [-0.05, 0) is 39.2 Å². The molecule has 1 heterocycles. The van der Waals surface area contributed by atoms with E-state index in [0.717, 1.165) is 32.0 Å². The van der Waals surface area contributed by atoms with Crippen molar-refractivity contribution in [2.45, 2.75) is 69.6 Å². The number of hydrogen-bond acceptors (Lipinski definition) is 3. The lowest BCUT2D eigenvalue weighted by molar-refractivity contribution is -0.0862. The predicted octanol–water partition coefficient (Wildman–Crippen LogP) is 2.15. The monoisotopic (exact) mass is 240 g/mol. The highest BCUT2D eigenvalue weighted by atomic mass is 16.5. The number of nitrogens with two attached hydrogens (primary N) is 1. The van der Waals surface area contributed by atoms with Crippen LogP contribution in [0.2, 0.25) is 0 Å². The van der Waals surface area contributed by atoms with Gasteiger partial charge >= 0.3 is 0 Å². The summed E-state index contributed by atoms with van der Waals surface area (Å²) < 4.78 is 5.87. The Morgan fingerprint density at radius 3 is 2.71 bits per heavy atom. The van der Waals surface area contributed by atoms with Crippen LogP contribution in [0.3, 0.4) is 0 Å². The van der Waals surface area contributed by atoms with Crippen LogP contribution in [0.4, 0.5) is 0 Å². The molecule has 1 saturated carbocycles. The summed E-state index contributed by atoms with van der Waals surface area (Å²) >= 11 is 0. The van der Waals surface area contributed by atoms with Crippen molar-refractivity contribution < 1.29 is 4.74 Å². The summed E-state index contributed by atoms with van der Waals surface area (Å²) in [6.45, 7) is 3.90. The van der Waals surface area contributed by atoms with Crippen molar-refractivity contribution in [1.29, 1.82) is 0 Å². The molecule has 1 aliphatic carbocycles. The summed E-state index contributed by atoms with van der Waals surface area (Å²) in [5, 5.41) is 0. The smallest absolute Gasteiger partial charge is 0.0593 e. The van der Waals surface area contributed by atoms with E-state index >= 15 is 0 Å². The quantitative estimate of drug-likeness (QED) is 0.800. The standard InChI is InChI=1S/C14H28N2O/c1-3-5-13-10-14(11-15,8-9-17-13)16(2)12-6-4-7-12/h12-13H,3-11,15H2,1-2H3. The molecule has 100 valence electrons. The van der Waals surface area contributed by atoms with Crippen molar-refractivity contribution in [1.82, 2.24) is 4.90 Å². The minimum Gasteiger partial charge on any atom is -0.378 e. The zero-order chi connectivity index (χ0) is 12.3. The van der Waals surface area contributed by atoms with Crippen molar-refractivity contribution in [3.8, 4) is 0 Å². The van der Waals surface area contributed by atoms with Crippen molar-refractivity contribution in [2.24, 2.45) is 5.73 Å². The van der Waals surface area contributed by atoms with Gasteiger partial charge in [-0.1, -0.05) is 19.8 Å². The van der Waals surface area contributed by atoms with Gasteiger partial charge in [0.05, 0.1) is 6.10 Å². The third-order valence-corrected chi connectivity index (χ3v) is 4.89. The third-order valence-electron chi connectivity index (χ3n) is 4.89. The molecule has 17 heavy (non-hydrogen) atoms. The maximum absolute atomic E-state index is 6.12. The Morgan fingerprint density at radius 1 is 1.41 bits per heavy atom. The lowest BCUT2D eigenvalue weighted by Crippen LogP contribution is -2.61. The molecule has 3 nitrogen and oxygen atoms in total. The van der Waals surface area contributed by atoms with Gasteiger partial charge in [-0.2, -0.15) is 0 Å². The van der Waals surface area contributed by atoms with E-state index in [9.17, 15) is 0 Å². The molecule has 2 atom stereocenters. The van der Waals surface area contributed by atoms with E-state index in [2.05, 4.69) is 18.9 Å². The van der Waals surface area contributed by atoms with Crippen LogP contribution in [0.25, 0.3) is 0 Å². The van der Waals surface area contributed by atoms with Gasteiger partial charge in [0.25, 0.3) is 0 Å². The van der Waals surface area contributed by atoms with Gasteiger partial charge in [0.15, 0.2) is 0 Å². The maximum Gasteiger partial charge on any atom is 0.0593 e. The predicted molar refractivity (Wildman–Crippen MR) is 71.1 cm³/mol. The van der Waals surface area contributed by atoms with Crippen molar-refractivity contribution in [3.63, 3.8) is 0 Å². The second-order valence-electron chi connectivity index (χ2n) is 5.86. The number of rotatable bonds is 5. The lowest BCUT2D eigenvalue weighted by Gasteiger charge is -2.51. The Hall–Kier alpha value is -0.120. The van der Waals surface area contributed by atoms with Gasteiger partial charge in [-0.3, -0.25) is 4.90 Å². The van der Waals surface area contributed by atoms with Gasteiger partial charge in [0, 0.05) is 24.7 Å². The van der Waals surface area contributed by atoms with Crippen LogP contribution in [0.1, 0.15) is 51.9 Å². The Balaban J connectivity index is 2.01. The molecule has 0 radical (unpaired) electrons. The summed E-state index contributed by atoms with van der Waals surface area (Å²) in [5.74, 6) is 0. The molecule has 3 heteroatoms. The molecule has 0 amide bonds. The fourth-order valence-corrected chi connectivity index (χ4v) is 3.32. The lowest BCUT2D eigenvalue weighted by atomic mass is 9.80. The summed E-state index contributed by atoms with van der Waals surface area (Å²) in [4.78, 5) is 2.58. The average molecular weight is 240 g/mol. The van der Waals surface area contributed by atoms with Crippen LogP contribution in [0.5, 0.6) is 0 Å². The first kappa shape index (κ1) is 13.3. The summed E-state index contributed by atoms with van der Waals surface area (Å²) in [7, 11) is 2.28. The fourth-order valence-electron chi connectivity index (χ4n) is 3.32. The largest absolute Gasteiger partial charge is 0.378 e. The van der Waals surface area contributed by atoms with E-state index in [1.807, 2.05) is 0 Å². The highest BCUT2D eigenvalue weighted by Gasteiger charge is 2.42. The van der Waals surface area contributed by atoms with E-state index in [1.54, 1.807) is 0 Å². The van der Waals surface area contributed by atoms with E-state index in [0.29, 0.717) is 6.10 Å². The molecular formula is C14H28N2O. The molecule has 0 spiro atoms. The first-order valence-electron chi connectivity index (χ1n) is 7.26. The molecular weight excluding hydrogens is 212 g/mol. The number of likely N-dealkylation sites (N-methyl/N-ethyl adjacent to an activating group) is 1. The highest BCUT2D eigenvalue weighted by Crippen LogP contribution is 2.36. The van der Waals surface area contributed by atoms with E-state index in [1.165, 1.54) is 32.1 Å². The molecule has 0 aromatic carbocycles. The van der Waals surface area contributed by atoms with Crippen molar-refractivity contribution >= 4 is 0 Å². The summed E-state index contributed by atoms with van der Waals surface area (Å²) in [6.07, 6.45) is 9.17. The van der Waals surface area contributed by atoms with Crippen LogP contribution in [-0.4, -0.2) is 42.8 Å². The first-order valence-corrected chi connectivity index (χ1v) is 7.26. The Labute approximate surface area is 106 Å². The molecule has 0 aromatic rings. The Bertz CT molecular complexity index is 240. The van der Waals surface area contributed by atoms with Crippen LogP contribution in [-0.2, 0) is 4.74 Å². The molecule has 0 aromatic heterocycles. The normalized spacial score (nSPS) is 34.9. The fraction of sp³-hybridized carbons (Fsp3) is 1.00. The second kappa shape index (κ2) is 5.68. The number of nitrogens with zero attached hydrogens (tertiary/aromatic N) is 1. The summed E-state index contributed by atoms with van der Waals surface area (Å²) in [6, 6.07) is 0.777. The van der Waals surface area contributed by atoms with Crippen molar-refractivity contribution in [3.05, 3.63) is 0 Å². The van der Waals surface area contributed by atoms with Gasteiger partial charge in [0.1, 0.15) is 0 Å². The number of ether oxygens (including phenoxy) is 1. The number of hydrogen-bond donors (Lipinski definition) is 1. The second-order valence-corrected chi connectivity index (χ2v) is 5.86. The van der Waals surface area contributed by atoms with E-state index in [4.69, 9.17) is 10.5 Å². The molecule has 2 unspecified atom stereocenters. The van der Waals surface area contributed by atoms with E-state index in [-0.39, 0.29) is 5.54 Å². The Morgan fingerprint density at radius 2 is 2.18 bits per heavy atom. The minimum atomic E-state index is 0.211. The third kappa shape index (κ3) is 2.67. The van der Waals surface area contributed by atoms with Gasteiger partial charge in [-0.15, -0.1) is 0 Å². The van der Waals surface area contributed by atoms with E-state index < -0.39 is 0 Å². The molecule has 2 fully saturated rings. The molecule has 2 rings (SSSR count). The van der Waals surface area contributed by atoms with Gasteiger partial charge in [0.2, 0.25) is 0 Å². The first-order chi connectivity index (χ1) is 8.22. The van der Waals surface area contributed by atoms with Gasteiger partial charge < -0.3 is 10.5 Å². The molecule has 1 saturated heterocycles. The van der Waals surface area contributed by atoms with Crippen LogP contribution in [0.15, 0.2) is 0 Å². The van der Waals surface area contributed by atoms with Crippen LogP contribution < -0.4 is 5.73 Å². The average Bonchev–Trinajstić information content (AvgIpc) is 2.27. The zero-order valence-corrected chi connectivity index (χ0v) is 11.5. The van der Waals surface area contributed by atoms with Crippen LogP contribution >= 0.6 is 0 Å². The minimum absolute atomic E-state index is 0.211. The molecule has 2 aliphatic rings.